The predicted molar refractivity (Wildman–Crippen MR) is 68.5 cm³/mol. The number of H-pyrrole nitrogens is 1. The number of esters is 1. The summed E-state index contributed by atoms with van der Waals surface area (Å²) in [6, 6.07) is 3.59. The summed E-state index contributed by atoms with van der Waals surface area (Å²) < 4.78 is 6.43. The summed E-state index contributed by atoms with van der Waals surface area (Å²) in [6.45, 7) is 2.39. The van der Waals surface area contributed by atoms with Gasteiger partial charge in [0, 0.05) is 25.0 Å². The Morgan fingerprint density at radius 3 is 3.16 bits per heavy atom. The molecule has 2 N–H and O–H groups in total. The largest absolute Gasteiger partial charge is 0.464 e. The zero-order chi connectivity index (χ0) is 13.5. The third-order valence-corrected chi connectivity index (χ3v) is 2.68. The van der Waals surface area contributed by atoms with Crippen LogP contribution in [0.1, 0.15) is 22.6 Å². The van der Waals surface area contributed by atoms with Gasteiger partial charge in [0.15, 0.2) is 0 Å². The Morgan fingerprint density at radius 1 is 1.53 bits per heavy atom. The lowest BCUT2D eigenvalue weighted by Gasteiger charge is -2.03. The fraction of sp³-hybridized carbons (Fsp3) is 0.417. The number of aromatic amines is 1. The number of hydrogen-bond acceptors (Lipinski definition) is 5. The second-order valence-corrected chi connectivity index (χ2v) is 4.09. The van der Waals surface area contributed by atoms with Crippen LogP contribution < -0.4 is 5.32 Å². The number of ether oxygens (including phenoxy) is 1. The first-order valence-electron chi connectivity index (χ1n) is 6.10. The van der Waals surface area contributed by atoms with Crippen molar-refractivity contribution in [3.8, 4) is 0 Å². The smallest absolute Gasteiger partial charge is 0.354 e. The zero-order valence-electron chi connectivity index (χ0n) is 10.8. The maximum absolute atomic E-state index is 11.2. The van der Waals surface area contributed by atoms with E-state index in [2.05, 4.69) is 25.3 Å². The van der Waals surface area contributed by atoms with Gasteiger partial charge < -0.3 is 15.0 Å². The molecule has 0 aliphatic carbocycles. The first kappa shape index (κ1) is 13.3. The van der Waals surface area contributed by atoms with Crippen LogP contribution in [-0.2, 0) is 17.8 Å². The molecule has 0 saturated carbocycles. The summed E-state index contributed by atoms with van der Waals surface area (Å²) in [7, 11) is 1.37. The highest BCUT2D eigenvalue weighted by atomic mass is 16.5. The van der Waals surface area contributed by atoms with E-state index in [4.69, 9.17) is 0 Å². The molecular formula is C12H17N5O2. The van der Waals surface area contributed by atoms with Gasteiger partial charge in [-0.25, -0.2) is 4.79 Å². The highest BCUT2D eigenvalue weighted by Crippen LogP contribution is 2.03. The molecule has 0 aromatic carbocycles. The number of aromatic nitrogens is 4. The summed E-state index contributed by atoms with van der Waals surface area (Å²) in [5.41, 5.74) is 1.43. The van der Waals surface area contributed by atoms with E-state index in [1.54, 1.807) is 16.9 Å². The molecule has 0 amide bonds. The SMILES string of the molecule is COC(=O)c1ccc(CNCCCn2ccnn2)[nH]1. The molecule has 2 aromatic rings. The monoisotopic (exact) mass is 263 g/mol. The van der Waals surface area contributed by atoms with Crippen molar-refractivity contribution in [1.29, 1.82) is 0 Å². The van der Waals surface area contributed by atoms with Gasteiger partial charge in [-0.1, -0.05) is 5.21 Å². The summed E-state index contributed by atoms with van der Waals surface area (Å²) >= 11 is 0. The van der Waals surface area contributed by atoms with Gasteiger partial charge in [-0.05, 0) is 25.1 Å². The Bertz CT molecular complexity index is 506. The Balaban J connectivity index is 1.65. The molecule has 0 fully saturated rings. The van der Waals surface area contributed by atoms with Crippen molar-refractivity contribution in [1.82, 2.24) is 25.3 Å². The van der Waals surface area contributed by atoms with Crippen LogP contribution >= 0.6 is 0 Å². The van der Waals surface area contributed by atoms with Crippen molar-refractivity contribution in [2.45, 2.75) is 19.5 Å². The minimum atomic E-state index is -0.350. The van der Waals surface area contributed by atoms with Gasteiger partial charge in [0.2, 0.25) is 0 Å². The zero-order valence-corrected chi connectivity index (χ0v) is 10.8. The second-order valence-electron chi connectivity index (χ2n) is 4.09. The van der Waals surface area contributed by atoms with Gasteiger partial charge >= 0.3 is 5.97 Å². The molecule has 7 heteroatoms. The average Bonchev–Trinajstić information content (AvgIpc) is 3.08. The molecule has 0 spiro atoms. The number of nitrogens with zero attached hydrogens (tertiary/aromatic N) is 3. The van der Waals surface area contributed by atoms with Crippen LogP contribution in [0.3, 0.4) is 0 Å². The molecule has 2 heterocycles. The number of aryl methyl sites for hydroxylation is 1. The number of rotatable bonds is 7. The van der Waals surface area contributed by atoms with Crippen molar-refractivity contribution >= 4 is 5.97 Å². The lowest BCUT2D eigenvalue weighted by molar-refractivity contribution is 0.0594. The molecule has 0 unspecified atom stereocenters. The van der Waals surface area contributed by atoms with Crippen LogP contribution in [0.25, 0.3) is 0 Å². The third kappa shape index (κ3) is 3.92. The molecule has 2 rings (SSSR count). The van der Waals surface area contributed by atoms with Crippen LogP contribution in [0.5, 0.6) is 0 Å². The highest BCUT2D eigenvalue weighted by Gasteiger charge is 2.07. The van der Waals surface area contributed by atoms with E-state index < -0.39 is 0 Å². The molecule has 0 radical (unpaired) electrons. The minimum absolute atomic E-state index is 0.350. The first-order chi connectivity index (χ1) is 9.29. The van der Waals surface area contributed by atoms with Gasteiger partial charge in [0.25, 0.3) is 0 Å². The van der Waals surface area contributed by atoms with Crippen LogP contribution in [0.15, 0.2) is 24.5 Å². The minimum Gasteiger partial charge on any atom is -0.464 e. The number of nitrogens with one attached hydrogen (secondary N) is 2. The van der Waals surface area contributed by atoms with E-state index in [1.807, 2.05) is 12.3 Å². The second kappa shape index (κ2) is 6.69. The first-order valence-corrected chi connectivity index (χ1v) is 6.10. The molecule has 0 aliphatic heterocycles. The maximum Gasteiger partial charge on any atom is 0.354 e. The van der Waals surface area contributed by atoms with Crippen LogP contribution in [0.4, 0.5) is 0 Å². The van der Waals surface area contributed by atoms with Crippen LogP contribution in [0.2, 0.25) is 0 Å². The lowest BCUT2D eigenvalue weighted by Crippen LogP contribution is -2.17. The molecule has 19 heavy (non-hydrogen) atoms. The predicted octanol–water partition coefficient (Wildman–Crippen LogP) is 0.573. The highest BCUT2D eigenvalue weighted by molar-refractivity contribution is 5.87. The normalized spacial score (nSPS) is 10.6. The van der Waals surface area contributed by atoms with Gasteiger partial charge in [-0.15, -0.1) is 5.10 Å². The summed E-state index contributed by atoms with van der Waals surface area (Å²) in [4.78, 5) is 14.2. The fourth-order valence-electron chi connectivity index (χ4n) is 1.71. The average molecular weight is 263 g/mol. The van der Waals surface area contributed by atoms with Crippen molar-refractivity contribution < 1.29 is 9.53 Å². The fourth-order valence-corrected chi connectivity index (χ4v) is 1.71. The quantitative estimate of drug-likeness (QED) is 0.563. The van der Waals surface area contributed by atoms with Gasteiger partial charge in [-0.3, -0.25) is 4.68 Å². The third-order valence-electron chi connectivity index (χ3n) is 2.68. The number of carbonyl (C=O) groups is 1. The standard InChI is InChI=1S/C12H17N5O2/c1-19-12(18)11-4-3-10(15-11)9-13-5-2-7-17-8-6-14-16-17/h3-4,6,8,13,15H,2,5,7,9H2,1H3. The van der Waals surface area contributed by atoms with Crippen molar-refractivity contribution in [2.24, 2.45) is 0 Å². The van der Waals surface area contributed by atoms with Crippen molar-refractivity contribution in [3.63, 3.8) is 0 Å². The van der Waals surface area contributed by atoms with Gasteiger partial charge in [0.05, 0.1) is 13.3 Å². The topological polar surface area (TPSA) is 84.8 Å². The van der Waals surface area contributed by atoms with E-state index in [1.165, 1.54) is 7.11 Å². The number of methoxy groups -OCH3 is 1. The Labute approximate surface area is 111 Å². The summed E-state index contributed by atoms with van der Waals surface area (Å²) in [5, 5.41) is 10.9. The molecule has 0 aliphatic rings. The Kier molecular flexibility index (Phi) is 4.68. The molecule has 0 atom stereocenters. The van der Waals surface area contributed by atoms with E-state index in [-0.39, 0.29) is 5.97 Å². The van der Waals surface area contributed by atoms with E-state index >= 15 is 0 Å². The molecular weight excluding hydrogens is 246 g/mol. The van der Waals surface area contributed by atoms with Crippen LogP contribution in [0, 0.1) is 0 Å². The van der Waals surface area contributed by atoms with E-state index in [0.717, 1.165) is 25.2 Å². The summed E-state index contributed by atoms with van der Waals surface area (Å²) in [6.07, 6.45) is 4.47. The number of hydrogen-bond donors (Lipinski definition) is 2. The Hall–Kier alpha value is -2.15. The van der Waals surface area contributed by atoms with Gasteiger partial charge in [-0.2, -0.15) is 0 Å². The molecule has 0 bridgehead atoms. The molecule has 7 nitrogen and oxygen atoms in total. The molecule has 0 saturated heterocycles. The lowest BCUT2D eigenvalue weighted by atomic mass is 10.4. The number of carbonyl (C=O) groups excluding carboxylic acids is 1. The van der Waals surface area contributed by atoms with Crippen molar-refractivity contribution in [3.05, 3.63) is 35.9 Å². The van der Waals surface area contributed by atoms with E-state index in [9.17, 15) is 4.79 Å². The summed E-state index contributed by atoms with van der Waals surface area (Å²) in [5.74, 6) is -0.350. The maximum atomic E-state index is 11.2. The molecule has 102 valence electrons. The van der Waals surface area contributed by atoms with Gasteiger partial charge in [0.1, 0.15) is 5.69 Å². The van der Waals surface area contributed by atoms with Crippen LogP contribution in [-0.4, -0.2) is 39.6 Å². The molecule has 2 aromatic heterocycles. The Morgan fingerprint density at radius 2 is 2.42 bits per heavy atom. The van der Waals surface area contributed by atoms with E-state index in [0.29, 0.717) is 12.2 Å². The van der Waals surface area contributed by atoms with Crippen molar-refractivity contribution in [2.75, 3.05) is 13.7 Å².